The molecule has 0 aliphatic carbocycles. The number of aromatic nitrogens is 2. The van der Waals surface area contributed by atoms with Gasteiger partial charge in [-0.05, 0) is 43.7 Å². The minimum absolute atomic E-state index is 0.0886. The fourth-order valence-corrected chi connectivity index (χ4v) is 3.68. The van der Waals surface area contributed by atoms with Crippen molar-refractivity contribution in [2.75, 3.05) is 56.2 Å². The highest BCUT2D eigenvalue weighted by Gasteiger charge is 2.26. The number of nitrogens with zero attached hydrogens (tertiary/aromatic N) is 4. The molecule has 144 valence electrons. The van der Waals surface area contributed by atoms with Crippen LogP contribution in [0.5, 0.6) is 0 Å². The van der Waals surface area contributed by atoms with Crippen LogP contribution in [0.4, 0.5) is 11.6 Å². The van der Waals surface area contributed by atoms with Crippen LogP contribution in [0.2, 0.25) is 0 Å². The predicted molar refractivity (Wildman–Crippen MR) is 102 cm³/mol. The number of carbonyl (C=O) groups is 1. The number of amides is 1. The van der Waals surface area contributed by atoms with Crippen molar-refractivity contribution in [1.82, 2.24) is 15.5 Å². The number of hydrogen-bond acceptors (Lipinski definition) is 6. The first-order valence-electron chi connectivity index (χ1n) is 9.77. The van der Waals surface area contributed by atoms with Crippen molar-refractivity contribution in [1.29, 1.82) is 0 Å². The van der Waals surface area contributed by atoms with Crippen LogP contribution in [0.25, 0.3) is 0 Å². The number of nitrogens with one attached hydrogen (secondary N) is 1. The molecule has 0 bridgehead atoms. The zero-order valence-electron chi connectivity index (χ0n) is 16.0. The smallest absolute Gasteiger partial charge is 0.223 e. The van der Waals surface area contributed by atoms with Crippen LogP contribution in [-0.4, -0.2) is 62.5 Å². The maximum absolute atomic E-state index is 12.1. The number of rotatable bonds is 6. The maximum atomic E-state index is 12.1. The summed E-state index contributed by atoms with van der Waals surface area (Å²) < 4.78 is 4.97. The summed E-state index contributed by atoms with van der Waals surface area (Å²) in [4.78, 5) is 16.7. The molecule has 0 unspecified atom stereocenters. The highest BCUT2D eigenvalue weighted by atomic mass is 16.5. The highest BCUT2D eigenvalue weighted by Crippen LogP contribution is 2.24. The molecule has 2 saturated heterocycles. The van der Waals surface area contributed by atoms with E-state index in [4.69, 9.17) is 4.74 Å². The van der Waals surface area contributed by atoms with Crippen molar-refractivity contribution in [3.63, 3.8) is 0 Å². The van der Waals surface area contributed by atoms with Crippen LogP contribution in [0.15, 0.2) is 12.1 Å². The van der Waals surface area contributed by atoms with E-state index < -0.39 is 0 Å². The van der Waals surface area contributed by atoms with Gasteiger partial charge in [-0.25, -0.2) is 0 Å². The Hall–Kier alpha value is -1.89. The Balaban J connectivity index is 1.48. The van der Waals surface area contributed by atoms with Crippen molar-refractivity contribution in [2.24, 2.45) is 11.8 Å². The Labute approximate surface area is 156 Å². The summed E-state index contributed by atoms with van der Waals surface area (Å²) in [5.41, 5.74) is 0. The SMILES string of the molecule is COCCNC(=O)C1CCN(c2ccc(N3CCC(C)CC3)nn2)CC1. The number of piperidine rings is 2. The fraction of sp³-hybridized carbons (Fsp3) is 0.737. The normalized spacial score (nSPS) is 19.6. The van der Waals surface area contributed by atoms with Gasteiger partial charge in [-0.3, -0.25) is 4.79 Å². The van der Waals surface area contributed by atoms with Crippen LogP contribution in [-0.2, 0) is 9.53 Å². The average Bonchev–Trinajstić information content (AvgIpc) is 2.69. The Bertz CT molecular complexity index is 564. The number of methoxy groups -OCH3 is 1. The summed E-state index contributed by atoms with van der Waals surface area (Å²) in [7, 11) is 1.64. The van der Waals surface area contributed by atoms with E-state index >= 15 is 0 Å². The molecule has 0 aromatic carbocycles. The molecule has 3 rings (SSSR count). The first kappa shape index (κ1) is 18.9. The van der Waals surface area contributed by atoms with Crippen molar-refractivity contribution in [3.05, 3.63) is 12.1 Å². The minimum Gasteiger partial charge on any atom is -0.383 e. The Morgan fingerprint density at radius 3 is 2.12 bits per heavy atom. The summed E-state index contributed by atoms with van der Waals surface area (Å²) in [6, 6.07) is 4.15. The van der Waals surface area contributed by atoms with Gasteiger partial charge < -0.3 is 19.9 Å². The molecule has 1 N–H and O–H groups in total. The van der Waals surface area contributed by atoms with Gasteiger partial charge in [-0.15, -0.1) is 10.2 Å². The number of hydrogen-bond donors (Lipinski definition) is 1. The van der Waals surface area contributed by atoms with Crippen molar-refractivity contribution < 1.29 is 9.53 Å². The van der Waals surface area contributed by atoms with Gasteiger partial charge in [0.1, 0.15) is 0 Å². The number of carbonyl (C=O) groups excluding carboxylic acids is 1. The van der Waals surface area contributed by atoms with Gasteiger partial charge in [-0.2, -0.15) is 0 Å². The Morgan fingerprint density at radius 2 is 1.62 bits per heavy atom. The third-order valence-electron chi connectivity index (χ3n) is 5.54. The highest BCUT2D eigenvalue weighted by molar-refractivity contribution is 5.78. The molecule has 7 nitrogen and oxygen atoms in total. The standard InChI is InChI=1S/C19H31N5O2/c1-15-5-10-23(11-6-15)17-3-4-18(22-21-17)24-12-7-16(8-13-24)19(25)20-9-14-26-2/h3-4,15-16H,5-14H2,1-2H3,(H,20,25). The Kier molecular flexibility index (Phi) is 6.66. The monoisotopic (exact) mass is 361 g/mol. The van der Waals surface area contributed by atoms with E-state index in [0.29, 0.717) is 13.2 Å². The van der Waals surface area contributed by atoms with E-state index in [0.717, 1.165) is 56.6 Å². The second-order valence-electron chi connectivity index (χ2n) is 7.46. The maximum Gasteiger partial charge on any atom is 0.223 e. The largest absolute Gasteiger partial charge is 0.383 e. The molecule has 2 aliphatic rings. The molecular weight excluding hydrogens is 330 g/mol. The summed E-state index contributed by atoms with van der Waals surface area (Å²) in [6.45, 7) is 7.28. The van der Waals surface area contributed by atoms with Crippen molar-refractivity contribution in [2.45, 2.75) is 32.6 Å². The molecular formula is C19H31N5O2. The number of anilines is 2. The molecule has 0 radical (unpaired) electrons. The molecule has 1 aromatic rings. The lowest BCUT2D eigenvalue weighted by atomic mass is 9.96. The molecule has 2 aliphatic heterocycles. The van der Waals surface area contributed by atoms with Gasteiger partial charge in [0.2, 0.25) is 5.91 Å². The molecule has 0 saturated carbocycles. The van der Waals surface area contributed by atoms with E-state index in [2.05, 4.69) is 44.4 Å². The molecule has 7 heteroatoms. The average molecular weight is 361 g/mol. The van der Waals surface area contributed by atoms with Crippen molar-refractivity contribution in [3.8, 4) is 0 Å². The quantitative estimate of drug-likeness (QED) is 0.778. The predicted octanol–water partition coefficient (Wildman–Crippen LogP) is 1.69. The van der Waals surface area contributed by atoms with Crippen LogP contribution in [0, 0.1) is 11.8 Å². The van der Waals surface area contributed by atoms with Gasteiger partial charge in [0.15, 0.2) is 11.6 Å². The molecule has 0 spiro atoms. The zero-order valence-corrected chi connectivity index (χ0v) is 16.0. The van der Waals surface area contributed by atoms with Gasteiger partial charge in [0.05, 0.1) is 6.61 Å². The minimum atomic E-state index is 0.0886. The topological polar surface area (TPSA) is 70.6 Å². The van der Waals surface area contributed by atoms with Crippen LogP contribution < -0.4 is 15.1 Å². The van der Waals surface area contributed by atoms with E-state index in [-0.39, 0.29) is 11.8 Å². The van der Waals surface area contributed by atoms with Gasteiger partial charge in [0.25, 0.3) is 0 Å². The second-order valence-corrected chi connectivity index (χ2v) is 7.46. The van der Waals surface area contributed by atoms with Gasteiger partial charge >= 0.3 is 0 Å². The van der Waals surface area contributed by atoms with Gasteiger partial charge in [0, 0.05) is 45.8 Å². The van der Waals surface area contributed by atoms with Crippen LogP contribution in [0.1, 0.15) is 32.6 Å². The third-order valence-corrected chi connectivity index (χ3v) is 5.54. The van der Waals surface area contributed by atoms with E-state index in [9.17, 15) is 4.79 Å². The van der Waals surface area contributed by atoms with Crippen molar-refractivity contribution >= 4 is 17.5 Å². The van der Waals surface area contributed by atoms with E-state index in [1.54, 1.807) is 7.11 Å². The van der Waals surface area contributed by atoms with Gasteiger partial charge in [-0.1, -0.05) is 6.92 Å². The van der Waals surface area contributed by atoms with E-state index in [1.807, 2.05) is 0 Å². The molecule has 2 fully saturated rings. The molecule has 26 heavy (non-hydrogen) atoms. The molecule has 1 amide bonds. The number of ether oxygens (including phenoxy) is 1. The summed E-state index contributed by atoms with van der Waals surface area (Å²) in [5, 5.41) is 11.8. The first-order chi connectivity index (χ1) is 12.7. The lowest BCUT2D eigenvalue weighted by molar-refractivity contribution is -0.125. The van der Waals surface area contributed by atoms with Crippen LogP contribution >= 0.6 is 0 Å². The van der Waals surface area contributed by atoms with E-state index in [1.165, 1.54) is 12.8 Å². The fourth-order valence-electron chi connectivity index (χ4n) is 3.68. The third kappa shape index (κ3) is 4.84. The summed E-state index contributed by atoms with van der Waals surface area (Å²) in [6.07, 6.45) is 4.16. The zero-order chi connectivity index (χ0) is 18.4. The lowest BCUT2D eigenvalue weighted by Crippen LogP contribution is -2.41. The van der Waals surface area contributed by atoms with Crippen LogP contribution in [0.3, 0.4) is 0 Å². The molecule has 1 aromatic heterocycles. The first-order valence-corrected chi connectivity index (χ1v) is 9.77. The lowest BCUT2D eigenvalue weighted by Gasteiger charge is -2.33. The molecule has 3 heterocycles. The second kappa shape index (κ2) is 9.16. The Morgan fingerprint density at radius 1 is 1.08 bits per heavy atom. The molecule has 0 atom stereocenters. The summed E-state index contributed by atoms with van der Waals surface area (Å²) >= 11 is 0. The summed E-state index contributed by atoms with van der Waals surface area (Å²) in [5.74, 6) is 2.94.